The van der Waals surface area contributed by atoms with E-state index < -0.39 is 0 Å². The molecule has 0 fully saturated rings. The zero-order chi connectivity index (χ0) is 34.8. The summed E-state index contributed by atoms with van der Waals surface area (Å²) in [6, 6.07) is 61.2. The molecule has 0 atom stereocenters. The van der Waals surface area contributed by atoms with Gasteiger partial charge in [0.25, 0.3) is 0 Å². The minimum atomic E-state index is -0.0525. The molecule has 0 aliphatic heterocycles. The van der Waals surface area contributed by atoms with Gasteiger partial charge in [-0.05, 0) is 93.0 Å². The third kappa shape index (κ3) is 4.74. The quantitative estimate of drug-likeness (QED) is 0.183. The zero-order valence-electron chi connectivity index (χ0n) is 29.1. The molecule has 0 saturated carbocycles. The van der Waals surface area contributed by atoms with E-state index in [4.69, 9.17) is 4.98 Å². The van der Waals surface area contributed by atoms with Gasteiger partial charge >= 0.3 is 0 Å². The molecular weight excluding hydrogens is 631 g/mol. The first-order chi connectivity index (χ1) is 25.5. The molecule has 3 nitrogen and oxygen atoms in total. The average Bonchev–Trinajstić information content (AvgIpc) is 3.66. The number of hydrogen-bond donors (Lipinski definition) is 0. The van der Waals surface area contributed by atoms with E-state index >= 15 is 0 Å². The molecule has 2 heterocycles. The van der Waals surface area contributed by atoms with Crippen LogP contribution in [0.1, 0.15) is 25.0 Å². The highest BCUT2D eigenvalue weighted by atomic mass is 15.0. The Labute approximate surface area is 303 Å². The first-order valence-corrected chi connectivity index (χ1v) is 17.9. The lowest BCUT2D eigenvalue weighted by Crippen LogP contribution is -2.14. The van der Waals surface area contributed by atoms with Crippen LogP contribution in [0.2, 0.25) is 0 Å². The standard InChI is InChI=1S/C49H35N3/c1-49(2)43-18-10-8-16-39(43)40-26-22-34(30-44(40)49)37-14-6-7-15-38(37)35-23-27-42-41-17-9-11-19-46(41)52(47(42)31-35)36-24-20-33(21-25-36)48-50-29-28-45(51-48)32-12-4-3-5-13-32/h3-31H,1-2H3. The maximum absolute atomic E-state index is 4.90. The third-order valence-corrected chi connectivity index (χ3v) is 10.9. The number of para-hydroxylation sites is 1. The van der Waals surface area contributed by atoms with Gasteiger partial charge in [0.1, 0.15) is 0 Å². The molecule has 3 heteroatoms. The predicted octanol–water partition coefficient (Wildman–Crippen LogP) is 12.5. The van der Waals surface area contributed by atoms with E-state index in [1.165, 1.54) is 66.3 Å². The van der Waals surface area contributed by atoms with Crippen molar-refractivity contribution in [3.63, 3.8) is 0 Å². The van der Waals surface area contributed by atoms with E-state index in [1.54, 1.807) is 0 Å². The zero-order valence-corrected chi connectivity index (χ0v) is 29.1. The number of benzene rings is 7. The van der Waals surface area contributed by atoms with E-state index in [9.17, 15) is 0 Å². The predicted molar refractivity (Wildman–Crippen MR) is 216 cm³/mol. The van der Waals surface area contributed by atoms with Crippen LogP contribution in [0.25, 0.3) is 83.5 Å². The number of aromatic nitrogens is 3. The second-order valence-corrected chi connectivity index (χ2v) is 14.2. The van der Waals surface area contributed by atoms with Crippen molar-refractivity contribution in [3.05, 3.63) is 187 Å². The molecule has 2 aromatic heterocycles. The molecule has 0 spiro atoms. The fraction of sp³-hybridized carbons (Fsp3) is 0.0612. The van der Waals surface area contributed by atoms with Crippen LogP contribution in [-0.2, 0) is 5.41 Å². The highest BCUT2D eigenvalue weighted by molar-refractivity contribution is 6.10. The molecule has 0 unspecified atom stereocenters. The Bertz CT molecular complexity index is 2810. The summed E-state index contributed by atoms with van der Waals surface area (Å²) in [5, 5.41) is 2.47. The van der Waals surface area contributed by atoms with Crippen LogP contribution in [0.5, 0.6) is 0 Å². The lowest BCUT2D eigenvalue weighted by atomic mass is 9.81. The molecule has 0 bridgehead atoms. The Kier molecular flexibility index (Phi) is 6.84. The van der Waals surface area contributed by atoms with E-state index in [2.05, 4.69) is 169 Å². The van der Waals surface area contributed by atoms with Crippen LogP contribution in [0.4, 0.5) is 0 Å². The topological polar surface area (TPSA) is 30.7 Å². The molecule has 0 saturated heterocycles. The largest absolute Gasteiger partial charge is 0.309 e. The smallest absolute Gasteiger partial charge is 0.159 e. The van der Waals surface area contributed by atoms with Gasteiger partial charge in [0.15, 0.2) is 5.82 Å². The average molecular weight is 666 g/mol. The lowest BCUT2D eigenvalue weighted by molar-refractivity contribution is 0.660. The molecule has 1 aliphatic carbocycles. The van der Waals surface area contributed by atoms with E-state index in [1.807, 2.05) is 30.5 Å². The normalized spacial score (nSPS) is 13.0. The summed E-state index contributed by atoms with van der Waals surface area (Å²) in [6.45, 7) is 4.70. The highest BCUT2D eigenvalue weighted by Crippen LogP contribution is 2.50. The van der Waals surface area contributed by atoms with Crippen molar-refractivity contribution < 1.29 is 0 Å². The SMILES string of the molecule is CC1(C)c2ccccc2-c2ccc(-c3ccccc3-c3ccc4c5ccccc5n(-c5ccc(-c6nccc(-c7ccccc7)n6)cc5)c4c3)cc21. The molecule has 1 aliphatic rings. The molecule has 10 rings (SSSR count). The van der Waals surface area contributed by atoms with Gasteiger partial charge in [-0.2, -0.15) is 0 Å². The van der Waals surface area contributed by atoms with E-state index in [0.717, 1.165) is 22.5 Å². The number of nitrogens with zero attached hydrogens (tertiary/aromatic N) is 3. The molecule has 0 amide bonds. The van der Waals surface area contributed by atoms with Crippen LogP contribution in [0.15, 0.2) is 176 Å². The first kappa shape index (κ1) is 30.3. The molecule has 52 heavy (non-hydrogen) atoms. The van der Waals surface area contributed by atoms with Crippen LogP contribution < -0.4 is 0 Å². The van der Waals surface area contributed by atoms with Gasteiger partial charge in [0.05, 0.1) is 16.7 Å². The van der Waals surface area contributed by atoms with Crippen molar-refractivity contribution in [2.45, 2.75) is 19.3 Å². The van der Waals surface area contributed by atoms with Gasteiger partial charge in [-0.25, -0.2) is 9.97 Å². The Morgan fingerprint density at radius 3 is 1.87 bits per heavy atom. The number of rotatable bonds is 5. The van der Waals surface area contributed by atoms with Crippen LogP contribution in [0.3, 0.4) is 0 Å². The van der Waals surface area contributed by atoms with E-state index in [0.29, 0.717) is 5.82 Å². The Balaban J connectivity index is 1.07. The lowest BCUT2D eigenvalue weighted by Gasteiger charge is -2.22. The van der Waals surface area contributed by atoms with Gasteiger partial charge in [0.2, 0.25) is 0 Å². The van der Waals surface area contributed by atoms with Gasteiger partial charge in [0, 0.05) is 39.2 Å². The maximum Gasteiger partial charge on any atom is 0.159 e. The van der Waals surface area contributed by atoms with Crippen molar-refractivity contribution in [2.75, 3.05) is 0 Å². The Morgan fingerprint density at radius 2 is 1.06 bits per heavy atom. The van der Waals surface area contributed by atoms with Crippen molar-refractivity contribution >= 4 is 21.8 Å². The van der Waals surface area contributed by atoms with Gasteiger partial charge in [-0.1, -0.05) is 135 Å². The summed E-state index contributed by atoms with van der Waals surface area (Å²) in [6.07, 6.45) is 1.84. The minimum absolute atomic E-state index is 0.0525. The first-order valence-electron chi connectivity index (χ1n) is 17.9. The summed E-state index contributed by atoms with van der Waals surface area (Å²) in [5.41, 5.74) is 16.7. The number of fused-ring (bicyclic) bond motifs is 6. The highest BCUT2D eigenvalue weighted by Gasteiger charge is 2.35. The molecule has 9 aromatic rings. The van der Waals surface area contributed by atoms with Crippen molar-refractivity contribution in [2.24, 2.45) is 0 Å². The molecular formula is C49H35N3. The minimum Gasteiger partial charge on any atom is -0.309 e. The second kappa shape index (κ2) is 11.8. The summed E-state index contributed by atoms with van der Waals surface area (Å²) >= 11 is 0. The molecule has 7 aromatic carbocycles. The van der Waals surface area contributed by atoms with Crippen molar-refractivity contribution in [3.8, 4) is 61.7 Å². The maximum atomic E-state index is 4.90. The third-order valence-electron chi connectivity index (χ3n) is 10.9. The molecule has 0 radical (unpaired) electrons. The monoisotopic (exact) mass is 665 g/mol. The second-order valence-electron chi connectivity index (χ2n) is 14.2. The Hall–Kier alpha value is -6.58. The van der Waals surface area contributed by atoms with Crippen molar-refractivity contribution in [1.29, 1.82) is 0 Å². The summed E-state index contributed by atoms with van der Waals surface area (Å²) in [7, 11) is 0. The summed E-state index contributed by atoms with van der Waals surface area (Å²) < 4.78 is 2.39. The fourth-order valence-electron chi connectivity index (χ4n) is 8.30. The van der Waals surface area contributed by atoms with Crippen LogP contribution >= 0.6 is 0 Å². The fourth-order valence-corrected chi connectivity index (χ4v) is 8.30. The summed E-state index contributed by atoms with van der Waals surface area (Å²) in [5.74, 6) is 0.716. The van der Waals surface area contributed by atoms with Gasteiger partial charge < -0.3 is 4.57 Å². The Morgan fingerprint density at radius 1 is 0.442 bits per heavy atom. The van der Waals surface area contributed by atoms with Crippen LogP contribution in [-0.4, -0.2) is 14.5 Å². The molecule has 0 N–H and O–H groups in total. The summed E-state index contributed by atoms with van der Waals surface area (Å²) in [4.78, 5) is 9.53. The number of hydrogen-bond acceptors (Lipinski definition) is 2. The van der Waals surface area contributed by atoms with Gasteiger partial charge in [-0.3, -0.25) is 0 Å². The van der Waals surface area contributed by atoms with E-state index in [-0.39, 0.29) is 5.41 Å². The van der Waals surface area contributed by atoms with Crippen molar-refractivity contribution in [1.82, 2.24) is 14.5 Å². The van der Waals surface area contributed by atoms with Gasteiger partial charge in [-0.15, -0.1) is 0 Å². The molecule has 246 valence electrons. The van der Waals surface area contributed by atoms with Crippen LogP contribution in [0, 0.1) is 0 Å².